The van der Waals surface area contributed by atoms with Crippen molar-refractivity contribution >= 4 is 17.8 Å². The van der Waals surface area contributed by atoms with Gasteiger partial charge in [-0.25, -0.2) is 4.79 Å². The van der Waals surface area contributed by atoms with Crippen LogP contribution in [0.25, 0.3) is 6.08 Å². The fourth-order valence-corrected chi connectivity index (χ4v) is 3.28. The van der Waals surface area contributed by atoms with Crippen molar-refractivity contribution < 1.29 is 28.5 Å². The van der Waals surface area contributed by atoms with Crippen LogP contribution in [0, 0.1) is 13.8 Å². The van der Waals surface area contributed by atoms with Gasteiger partial charge in [-0.2, -0.15) is 0 Å². The highest BCUT2D eigenvalue weighted by Crippen LogP contribution is 2.38. The van der Waals surface area contributed by atoms with Gasteiger partial charge in [-0.15, -0.1) is 0 Å². The molecule has 1 heterocycles. The smallest absolute Gasteiger partial charge is 0.331 e. The van der Waals surface area contributed by atoms with Gasteiger partial charge in [-0.05, 0) is 50.1 Å². The zero-order chi connectivity index (χ0) is 22.3. The van der Waals surface area contributed by atoms with Gasteiger partial charge in [-0.1, -0.05) is 6.92 Å². The number of ether oxygens (including phenoxy) is 4. The van der Waals surface area contributed by atoms with Crippen LogP contribution >= 0.6 is 0 Å². The number of aromatic nitrogens is 1. The molecule has 1 aromatic carbocycles. The zero-order valence-electron chi connectivity index (χ0n) is 18.4. The van der Waals surface area contributed by atoms with Crippen LogP contribution in [0.15, 0.2) is 24.3 Å². The Kier molecular flexibility index (Phi) is 8.09. The summed E-state index contributed by atoms with van der Waals surface area (Å²) in [4.78, 5) is 24.6. The lowest BCUT2D eigenvalue weighted by Crippen LogP contribution is -2.13. The van der Waals surface area contributed by atoms with E-state index >= 15 is 0 Å². The van der Waals surface area contributed by atoms with Gasteiger partial charge in [0, 0.05) is 29.6 Å². The number of hydrogen-bond donors (Lipinski definition) is 0. The van der Waals surface area contributed by atoms with Gasteiger partial charge in [0.05, 0.1) is 21.3 Å². The summed E-state index contributed by atoms with van der Waals surface area (Å²) in [5, 5.41) is 0. The molecule has 7 nitrogen and oxygen atoms in total. The first-order valence-electron chi connectivity index (χ1n) is 9.71. The summed E-state index contributed by atoms with van der Waals surface area (Å²) < 4.78 is 23.1. The Bertz CT molecular complexity index is 916. The van der Waals surface area contributed by atoms with Crippen molar-refractivity contribution in [2.75, 3.05) is 27.9 Å². The van der Waals surface area contributed by atoms with E-state index in [9.17, 15) is 9.59 Å². The number of benzene rings is 1. The van der Waals surface area contributed by atoms with Crippen molar-refractivity contribution in [1.82, 2.24) is 4.57 Å². The Balaban J connectivity index is 2.05. The summed E-state index contributed by atoms with van der Waals surface area (Å²) in [6, 6.07) is 5.25. The molecule has 1 aromatic heterocycles. The van der Waals surface area contributed by atoms with Crippen molar-refractivity contribution in [1.29, 1.82) is 0 Å². The second kappa shape index (κ2) is 10.5. The fraction of sp³-hybridized carbons (Fsp3) is 0.391. The minimum absolute atomic E-state index is 0.222. The monoisotopic (exact) mass is 415 g/mol. The summed E-state index contributed by atoms with van der Waals surface area (Å²) in [6.07, 6.45) is 3.80. The number of Topliss-reactive ketones (excluding diaryl/α,β-unsaturated/α-hetero) is 1. The van der Waals surface area contributed by atoms with E-state index in [1.807, 2.05) is 19.9 Å². The largest absolute Gasteiger partial charge is 0.493 e. The zero-order valence-corrected chi connectivity index (χ0v) is 18.4. The van der Waals surface area contributed by atoms with E-state index < -0.39 is 5.97 Å². The van der Waals surface area contributed by atoms with Crippen LogP contribution in [0.1, 0.15) is 40.7 Å². The topological polar surface area (TPSA) is 76.0 Å². The van der Waals surface area contributed by atoms with Crippen molar-refractivity contribution in [2.45, 2.75) is 33.7 Å². The third kappa shape index (κ3) is 5.23. The molecule has 0 atom stereocenters. The normalized spacial score (nSPS) is 10.9. The number of methoxy groups -OCH3 is 3. The molecule has 0 aliphatic carbocycles. The van der Waals surface area contributed by atoms with Crippen molar-refractivity contribution in [3.8, 4) is 17.2 Å². The van der Waals surface area contributed by atoms with Gasteiger partial charge in [0.25, 0.3) is 0 Å². The van der Waals surface area contributed by atoms with E-state index in [-0.39, 0.29) is 12.4 Å². The maximum atomic E-state index is 12.5. The average Bonchev–Trinajstić information content (AvgIpc) is 3.03. The summed E-state index contributed by atoms with van der Waals surface area (Å²) in [5.41, 5.74) is 3.16. The number of rotatable bonds is 10. The Morgan fingerprint density at radius 2 is 1.63 bits per heavy atom. The van der Waals surface area contributed by atoms with Crippen molar-refractivity contribution in [3.63, 3.8) is 0 Å². The molecule has 7 heteroatoms. The number of ketones is 1. The summed E-state index contributed by atoms with van der Waals surface area (Å²) in [6.45, 7) is 6.49. The van der Waals surface area contributed by atoms with Crippen LogP contribution in [-0.2, 0) is 16.1 Å². The maximum Gasteiger partial charge on any atom is 0.331 e. The molecule has 0 spiro atoms. The van der Waals surface area contributed by atoms with Crippen LogP contribution in [0.4, 0.5) is 0 Å². The first kappa shape index (κ1) is 23.1. The third-order valence-electron chi connectivity index (χ3n) is 4.77. The summed E-state index contributed by atoms with van der Waals surface area (Å²) in [5.74, 6) is 0.579. The molecule has 0 aliphatic heterocycles. The van der Waals surface area contributed by atoms with E-state index in [4.69, 9.17) is 18.9 Å². The SMILES string of the molecule is CCCn1c(C)cc(C(=O)COC(=O)/C=C/c2cc(OC)c(OC)c(OC)c2)c1C. The Labute approximate surface area is 177 Å². The van der Waals surface area contributed by atoms with E-state index in [0.717, 1.165) is 24.4 Å². The average molecular weight is 415 g/mol. The highest BCUT2D eigenvalue weighted by Gasteiger charge is 2.17. The molecule has 0 aliphatic rings. The molecular formula is C23H29NO6. The van der Waals surface area contributed by atoms with Crippen LogP contribution in [0.2, 0.25) is 0 Å². The van der Waals surface area contributed by atoms with Crippen molar-refractivity contribution in [3.05, 3.63) is 46.8 Å². The number of esters is 1. The molecule has 0 fully saturated rings. The molecule has 0 unspecified atom stereocenters. The van der Waals surface area contributed by atoms with Gasteiger partial charge >= 0.3 is 5.97 Å². The van der Waals surface area contributed by atoms with E-state index in [2.05, 4.69) is 11.5 Å². The van der Waals surface area contributed by atoms with Gasteiger partial charge in [0.15, 0.2) is 18.1 Å². The minimum atomic E-state index is -0.612. The summed E-state index contributed by atoms with van der Waals surface area (Å²) in [7, 11) is 4.55. The van der Waals surface area contributed by atoms with Crippen LogP contribution in [0.3, 0.4) is 0 Å². The molecule has 2 aromatic rings. The molecule has 30 heavy (non-hydrogen) atoms. The Hall–Kier alpha value is -3.22. The van der Waals surface area contributed by atoms with E-state index in [1.54, 1.807) is 18.2 Å². The van der Waals surface area contributed by atoms with Crippen LogP contribution < -0.4 is 14.2 Å². The third-order valence-corrected chi connectivity index (χ3v) is 4.77. The standard InChI is InChI=1S/C23H29NO6/c1-7-10-24-15(2)11-18(16(24)3)19(25)14-30-22(26)9-8-17-12-20(27-4)23(29-6)21(13-17)28-5/h8-9,11-13H,7,10,14H2,1-6H3/b9-8+. The Morgan fingerprint density at radius 1 is 1.00 bits per heavy atom. The highest BCUT2D eigenvalue weighted by molar-refractivity contribution is 6.00. The number of aryl methyl sites for hydroxylation is 1. The molecule has 2 rings (SSSR count). The van der Waals surface area contributed by atoms with Gasteiger partial charge in [0.2, 0.25) is 11.5 Å². The molecule has 0 amide bonds. The lowest BCUT2D eigenvalue weighted by molar-refractivity contribution is -0.136. The summed E-state index contributed by atoms with van der Waals surface area (Å²) >= 11 is 0. The van der Waals surface area contributed by atoms with Gasteiger partial charge in [0.1, 0.15) is 0 Å². The molecule has 0 radical (unpaired) electrons. The Morgan fingerprint density at radius 3 is 2.17 bits per heavy atom. The van der Waals surface area contributed by atoms with Crippen molar-refractivity contribution in [2.24, 2.45) is 0 Å². The first-order chi connectivity index (χ1) is 14.4. The van der Waals surface area contributed by atoms with E-state index in [0.29, 0.717) is 28.4 Å². The van der Waals surface area contributed by atoms with Gasteiger partial charge < -0.3 is 23.5 Å². The molecule has 0 saturated carbocycles. The molecule has 0 N–H and O–H groups in total. The minimum Gasteiger partial charge on any atom is -0.493 e. The van der Waals surface area contributed by atoms with Crippen LogP contribution in [-0.4, -0.2) is 44.3 Å². The number of carbonyl (C=O) groups is 2. The fourth-order valence-electron chi connectivity index (χ4n) is 3.28. The molecule has 0 bridgehead atoms. The maximum absolute atomic E-state index is 12.5. The quantitative estimate of drug-likeness (QED) is 0.332. The van der Waals surface area contributed by atoms with Crippen LogP contribution in [0.5, 0.6) is 17.2 Å². The number of nitrogens with zero attached hydrogens (tertiary/aromatic N) is 1. The predicted molar refractivity (Wildman–Crippen MR) is 115 cm³/mol. The first-order valence-corrected chi connectivity index (χ1v) is 9.71. The lowest BCUT2D eigenvalue weighted by atomic mass is 10.1. The molecular weight excluding hydrogens is 386 g/mol. The molecule has 0 saturated heterocycles. The second-order valence-electron chi connectivity index (χ2n) is 6.76. The second-order valence-corrected chi connectivity index (χ2v) is 6.76. The van der Waals surface area contributed by atoms with Gasteiger partial charge in [-0.3, -0.25) is 4.79 Å². The number of hydrogen-bond acceptors (Lipinski definition) is 6. The highest BCUT2D eigenvalue weighted by atomic mass is 16.5. The number of carbonyl (C=O) groups excluding carboxylic acids is 2. The predicted octanol–water partition coefficient (Wildman–Crippen LogP) is 3.98. The lowest BCUT2D eigenvalue weighted by Gasteiger charge is -2.12. The molecule has 162 valence electrons. The van der Waals surface area contributed by atoms with E-state index in [1.165, 1.54) is 27.4 Å².